The van der Waals surface area contributed by atoms with Gasteiger partial charge in [0.1, 0.15) is 6.61 Å². The zero-order chi connectivity index (χ0) is 18.2. The van der Waals surface area contributed by atoms with E-state index in [1.807, 2.05) is 37.3 Å². The van der Waals surface area contributed by atoms with Gasteiger partial charge in [0, 0.05) is 6.04 Å². The third-order valence-electron chi connectivity index (χ3n) is 4.70. The van der Waals surface area contributed by atoms with Crippen molar-refractivity contribution in [2.75, 3.05) is 7.11 Å². The molecule has 1 N–H and O–H groups in total. The Hall–Kier alpha value is -2.08. The quantitative estimate of drug-likeness (QED) is 0.799. The van der Waals surface area contributed by atoms with Crippen molar-refractivity contribution in [3.63, 3.8) is 0 Å². The number of methoxy groups -OCH3 is 1. The second kappa shape index (κ2) is 9.42. The maximum Gasteiger partial charge on any atom is 0.410 e. The maximum atomic E-state index is 12.7. The number of aliphatic hydroxyl groups is 1. The summed E-state index contributed by atoms with van der Waals surface area (Å²) in [6, 6.07) is 8.78. The van der Waals surface area contributed by atoms with Gasteiger partial charge in [0.2, 0.25) is 0 Å². The summed E-state index contributed by atoms with van der Waals surface area (Å²) in [5.74, 6) is -0.363. The minimum atomic E-state index is -0.635. The van der Waals surface area contributed by atoms with Crippen LogP contribution in [0.5, 0.6) is 0 Å². The summed E-state index contributed by atoms with van der Waals surface area (Å²) in [7, 11) is 1.33. The second-order valence-electron chi connectivity index (χ2n) is 6.36. The number of ether oxygens (including phenoxy) is 2. The molecule has 0 spiro atoms. The molecule has 0 unspecified atom stereocenters. The first-order valence-corrected chi connectivity index (χ1v) is 8.80. The van der Waals surface area contributed by atoms with Crippen LogP contribution in [0.2, 0.25) is 0 Å². The molecule has 3 atom stereocenters. The van der Waals surface area contributed by atoms with Crippen LogP contribution in [0.3, 0.4) is 0 Å². The first kappa shape index (κ1) is 19.2. The van der Waals surface area contributed by atoms with E-state index >= 15 is 0 Å². The fourth-order valence-electron chi connectivity index (χ4n) is 3.32. The van der Waals surface area contributed by atoms with Crippen LogP contribution in [-0.4, -0.2) is 47.4 Å². The van der Waals surface area contributed by atoms with Crippen molar-refractivity contribution in [2.45, 2.75) is 63.8 Å². The molecule has 1 saturated heterocycles. The minimum absolute atomic E-state index is 0.115. The van der Waals surface area contributed by atoms with Crippen molar-refractivity contribution >= 4 is 12.1 Å². The van der Waals surface area contributed by atoms with Gasteiger partial charge in [0.05, 0.1) is 25.7 Å². The third-order valence-corrected chi connectivity index (χ3v) is 4.70. The Balaban J connectivity index is 2.11. The molecule has 6 nitrogen and oxygen atoms in total. The molecular weight excluding hydrogens is 322 g/mol. The second-order valence-corrected chi connectivity index (χ2v) is 6.36. The number of hydrogen-bond acceptors (Lipinski definition) is 5. The Labute approximate surface area is 148 Å². The van der Waals surface area contributed by atoms with Crippen LogP contribution >= 0.6 is 0 Å². The van der Waals surface area contributed by atoms with Crippen molar-refractivity contribution in [3.8, 4) is 0 Å². The number of carbonyl (C=O) groups excluding carboxylic acids is 2. The zero-order valence-electron chi connectivity index (χ0n) is 14.9. The van der Waals surface area contributed by atoms with Gasteiger partial charge < -0.3 is 14.6 Å². The molecule has 1 aliphatic rings. The van der Waals surface area contributed by atoms with Gasteiger partial charge in [0.25, 0.3) is 0 Å². The number of aliphatic hydroxyl groups excluding tert-OH is 1. The van der Waals surface area contributed by atoms with Crippen LogP contribution in [-0.2, 0) is 20.9 Å². The molecule has 6 heteroatoms. The van der Waals surface area contributed by atoms with E-state index in [-0.39, 0.29) is 31.1 Å². The summed E-state index contributed by atoms with van der Waals surface area (Å²) in [5.41, 5.74) is 0.893. The standard InChI is InChI=1S/C19H27NO5/c1-3-17(21)16-11-7-10-15(12-18(22)24-2)20(16)19(23)25-13-14-8-5-4-6-9-14/h4-6,8-9,15-17,21H,3,7,10-13H2,1-2H3/t15-,16+,17-/m1/s1. The van der Waals surface area contributed by atoms with E-state index in [4.69, 9.17) is 9.47 Å². The summed E-state index contributed by atoms with van der Waals surface area (Å²) >= 11 is 0. The van der Waals surface area contributed by atoms with E-state index in [1.165, 1.54) is 7.11 Å². The lowest BCUT2D eigenvalue weighted by Gasteiger charge is -2.42. The van der Waals surface area contributed by atoms with E-state index in [0.717, 1.165) is 12.0 Å². The minimum Gasteiger partial charge on any atom is -0.469 e. The molecule has 25 heavy (non-hydrogen) atoms. The van der Waals surface area contributed by atoms with Crippen LogP contribution in [0.1, 0.15) is 44.6 Å². The topological polar surface area (TPSA) is 76.1 Å². The van der Waals surface area contributed by atoms with Crippen LogP contribution in [0.25, 0.3) is 0 Å². The summed E-state index contributed by atoms with van der Waals surface area (Å²) in [6.45, 7) is 2.04. The van der Waals surface area contributed by atoms with Gasteiger partial charge in [-0.05, 0) is 31.2 Å². The summed E-state index contributed by atoms with van der Waals surface area (Å²) in [4.78, 5) is 26.0. The molecule has 1 aliphatic heterocycles. The first-order chi connectivity index (χ1) is 12.1. The van der Waals surface area contributed by atoms with Gasteiger partial charge in [-0.25, -0.2) is 4.79 Å². The predicted molar refractivity (Wildman–Crippen MR) is 92.8 cm³/mol. The summed E-state index contributed by atoms with van der Waals surface area (Å²) < 4.78 is 10.2. The van der Waals surface area contributed by atoms with Crippen molar-refractivity contribution in [1.29, 1.82) is 0 Å². The van der Waals surface area contributed by atoms with Crippen molar-refractivity contribution < 1.29 is 24.2 Å². The Morgan fingerprint density at radius 2 is 2.00 bits per heavy atom. The van der Waals surface area contributed by atoms with Gasteiger partial charge in [0.15, 0.2) is 0 Å². The van der Waals surface area contributed by atoms with Gasteiger partial charge in [-0.2, -0.15) is 0 Å². The van der Waals surface area contributed by atoms with Crippen LogP contribution in [0.4, 0.5) is 4.79 Å². The average molecular weight is 349 g/mol. The fraction of sp³-hybridized carbons (Fsp3) is 0.579. The number of benzene rings is 1. The number of hydrogen-bond donors (Lipinski definition) is 1. The number of likely N-dealkylation sites (tertiary alicyclic amines) is 1. The molecule has 0 radical (unpaired) electrons. The SMILES string of the molecule is CC[C@@H](O)[C@@H]1CCC[C@H](CC(=O)OC)N1C(=O)OCc1ccccc1. The molecule has 1 amide bonds. The lowest BCUT2D eigenvalue weighted by atomic mass is 9.90. The molecule has 0 bridgehead atoms. The Kier molecular flexibility index (Phi) is 7.25. The van der Waals surface area contributed by atoms with Gasteiger partial charge >= 0.3 is 12.1 Å². The number of piperidine rings is 1. The molecule has 138 valence electrons. The Morgan fingerprint density at radius 1 is 1.28 bits per heavy atom. The highest BCUT2D eigenvalue weighted by atomic mass is 16.6. The smallest absolute Gasteiger partial charge is 0.410 e. The van der Waals surface area contributed by atoms with E-state index in [0.29, 0.717) is 19.3 Å². The third kappa shape index (κ3) is 5.19. The molecule has 1 fully saturated rings. The molecule has 1 heterocycles. The lowest BCUT2D eigenvalue weighted by molar-refractivity contribution is -0.142. The molecule has 0 saturated carbocycles. The number of rotatable bonds is 6. The number of nitrogens with zero attached hydrogens (tertiary/aromatic N) is 1. The van der Waals surface area contributed by atoms with Crippen molar-refractivity contribution in [3.05, 3.63) is 35.9 Å². The molecule has 0 aliphatic carbocycles. The van der Waals surface area contributed by atoms with E-state index < -0.39 is 12.2 Å². The largest absolute Gasteiger partial charge is 0.469 e. The van der Waals surface area contributed by atoms with Gasteiger partial charge in [-0.15, -0.1) is 0 Å². The summed E-state index contributed by atoms with van der Waals surface area (Å²) in [5, 5.41) is 10.3. The summed E-state index contributed by atoms with van der Waals surface area (Å²) in [6.07, 6.45) is 1.78. The zero-order valence-corrected chi connectivity index (χ0v) is 14.9. The highest BCUT2D eigenvalue weighted by molar-refractivity contribution is 5.73. The highest BCUT2D eigenvalue weighted by Gasteiger charge is 2.39. The fourth-order valence-corrected chi connectivity index (χ4v) is 3.32. The van der Waals surface area contributed by atoms with Gasteiger partial charge in [-0.1, -0.05) is 37.3 Å². The van der Waals surface area contributed by atoms with E-state index in [1.54, 1.807) is 4.90 Å². The number of esters is 1. The highest BCUT2D eigenvalue weighted by Crippen LogP contribution is 2.29. The van der Waals surface area contributed by atoms with Gasteiger partial charge in [-0.3, -0.25) is 9.69 Å². The number of amides is 1. The molecule has 1 aromatic rings. The molecule has 0 aromatic heterocycles. The number of carbonyl (C=O) groups is 2. The Morgan fingerprint density at radius 3 is 2.64 bits per heavy atom. The molecular formula is C19H27NO5. The van der Waals surface area contributed by atoms with E-state index in [9.17, 15) is 14.7 Å². The lowest BCUT2D eigenvalue weighted by Crippen LogP contribution is -2.55. The first-order valence-electron chi connectivity index (χ1n) is 8.80. The Bertz CT molecular complexity index is 562. The van der Waals surface area contributed by atoms with Crippen LogP contribution in [0, 0.1) is 0 Å². The van der Waals surface area contributed by atoms with Crippen LogP contribution in [0.15, 0.2) is 30.3 Å². The van der Waals surface area contributed by atoms with Crippen molar-refractivity contribution in [2.24, 2.45) is 0 Å². The molecule has 1 aromatic carbocycles. The van der Waals surface area contributed by atoms with Crippen LogP contribution < -0.4 is 0 Å². The average Bonchev–Trinajstić information content (AvgIpc) is 2.65. The monoisotopic (exact) mass is 349 g/mol. The van der Waals surface area contributed by atoms with Crippen molar-refractivity contribution in [1.82, 2.24) is 4.90 Å². The maximum absolute atomic E-state index is 12.7. The normalized spacial score (nSPS) is 21.5. The predicted octanol–water partition coefficient (Wildman–Crippen LogP) is 2.88. The molecule has 2 rings (SSSR count). The van der Waals surface area contributed by atoms with E-state index in [2.05, 4.69) is 0 Å².